The van der Waals surface area contributed by atoms with E-state index >= 15 is 0 Å². The van der Waals surface area contributed by atoms with Gasteiger partial charge in [0.2, 0.25) is 11.8 Å². The monoisotopic (exact) mass is 335 g/mol. The summed E-state index contributed by atoms with van der Waals surface area (Å²) in [6.45, 7) is 3.63. The molecule has 0 aliphatic heterocycles. The maximum Gasteiger partial charge on any atom is 0.242 e. The van der Waals surface area contributed by atoms with Gasteiger partial charge in [-0.05, 0) is 31.4 Å². The number of ether oxygens (including phenoxy) is 1. The number of methoxy groups -OCH3 is 1. The third-order valence-electron chi connectivity index (χ3n) is 4.40. The highest BCUT2D eigenvalue weighted by Crippen LogP contribution is 2.28. The predicted octanol–water partition coefficient (Wildman–Crippen LogP) is 1.79. The van der Waals surface area contributed by atoms with Crippen molar-refractivity contribution in [1.29, 1.82) is 0 Å². The molecular formula is C18H29N3O3. The zero-order chi connectivity index (χ0) is 17.5. The highest BCUT2D eigenvalue weighted by Gasteiger charge is 2.34. The second kappa shape index (κ2) is 8.87. The topological polar surface area (TPSA) is 54.8 Å². The summed E-state index contributed by atoms with van der Waals surface area (Å²) in [6, 6.07) is 4.34. The molecule has 6 heteroatoms. The number of carbonyl (C=O) groups excluding carboxylic acids is 2. The van der Waals surface area contributed by atoms with E-state index in [1.807, 2.05) is 41.8 Å². The van der Waals surface area contributed by atoms with E-state index in [4.69, 9.17) is 4.74 Å². The fraction of sp³-hybridized carbons (Fsp3) is 0.667. The molecule has 1 heterocycles. The smallest absolute Gasteiger partial charge is 0.242 e. The Morgan fingerprint density at radius 3 is 2.62 bits per heavy atom. The Kier molecular flexibility index (Phi) is 6.85. The zero-order valence-electron chi connectivity index (χ0n) is 15.0. The minimum Gasteiger partial charge on any atom is -0.383 e. The van der Waals surface area contributed by atoms with Crippen molar-refractivity contribution in [2.24, 2.45) is 7.05 Å². The van der Waals surface area contributed by atoms with E-state index in [-0.39, 0.29) is 18.4 Å². The van der Waals surface area contributed by atoms with E-state index in [0.717, 1.165) is 25.0 Å². The molecule has 24 heavy (non-hydrogen) atoms. The highest BCUT2D eigenvalue weighted by atomic mass is 16.5. The summed E-state index contributed by atoms with van der Waals surface area (Å²) in [5, 5.41) is 0. The van der Waals surface area contributed by atoms with Crippen LogP contribution in [0.15, 0.2) is 18.3 Å². The fourth-order valence-corrected chi connectivity index (χ4v) is 2.76. The molecule has 1 aliphatic rings. The molecule has 1 aromatic heterocycles. The maximum atomic E-state index is 12.8. The van der Waals surface area contributed by atoms with E-state index in [2.05, 4.69) is 0 Å². The van der Waals surface area contributed by atoms with Crippen molar-refractivity contribution in [1.82, 2.24) is 14.4 Å². The molecule has 1 aromatic rings. The summed E-state index contributed by atoms with van der Waals surface area (Å²) in [6.07, 6.45) is 5.35. The lowest BCUT2D eigenvalue weighted by Gasteiger charge is -2.28. The average molecular weight is 335 g/mol. The van der Waals surface area contributed by atoms with E-state index in [0.29, 0.717) is 32.2 Å². The fourth-order valence-electron chi connectivity index (χ4n) is 2.76. The molecule has 2 rings (SSSR count). The first-order valence-corrected chi connectivity index (χ1v) is 8.73. The molecule has 0 bridgehead atoms. The first-order chi connectivity index (χ1) is 11.6. The van der Waals surface area contributed by atoms with E-state index < -0.39 is 0 Å². The lowest BCUT2D eigenvalue weighted by molar-refractivity contribution is -0.141. The predicted molar refractivity (Wildman–Crippen MR) is 92.3 cm³/mol. The van der Waals surface area contributed by atoms with Crippen molar-refractivity contribution < 1.29 is 14.3 Å². The minimum absolute atomic E-state index is 0.0255. The molecule has 0 aromatic carbocycles. The standard InChI is InChI=1S/C18H29N3O3/c1-4-6-17(22)20(11-12-24-3)14-18(23)21(15-8-9-15)13-16-7-5-10-19(16)2/h5,7,10,15H,4,6,8-9,11-14H2,1-3H3. The second-order valence-corrected chi connectivity index (χ2v) is 6.42. The van der Waals surface area contributed by atoms with Crippen LogP contribution in [0, 0.1) is 0 Å². The number of nitrogens with zero attached hydrogens (tertiary/aromatic N) is 3. The lowest BCUT2D eigenvalue weighted by Crippen LogP contribution is -2.44. The number of carbonyl (C=O) groups is 2. The summed E-state index contributed by atoms with van der Waals surface area (Å²) in [5.41, 5.74) is 1.11. The molecular weight excluding hydrogens is 306 g/mol. The summed E-state index contributed by atoms with van der Waals surface area (Å²) in [4.78, 5) is 28.6. The summed E-state index contributed by atoms with van der Waals surface area (Å²) >= 11 is 0. The molecule has 1 fully saturated rings. The van der Waals surface area contributed by atoms with Gasteiger partial charge in [-0.2, -0.15) is 0 Å². The van der Waals surface area contributed by atoms with Crippen LogP contribution in [-0.2, 0) is 27.9 Å². The van der Waals surface area contributed by atoms with Crippen molar-refractivity contribution in [3.8, 4) is 0 Å². The number of amides is 2. The average Bonchev–Trinajstić information content (AvgIpc) is 3.32. The molecule has 1 saturated carbocycles. The van der Waals surface area contributed by atoms with Gasteiger partial charge in [-0.1, -0.05) is 6.92 Å². The summed E-state index contributed by atoms with van der Waals surface area (Å²) < 4.78 is 7.12. The van der Waals surface area contributed by atoms with Crippen molar-refractivity contribution in [2.45, 2.75) is 45.2 Å². The molecule has 0 radical (unpaired) electrons. The van der Waals surface area contributed by atoms with Gasteiger partial charge in [0.15, 0.2) is 0 Å². The van der Waals surface area contributed by atoms with Crippen LogP contribution in [0.4, 0.5) is 0 Å². The Bertz CT molecular complexity index is 551. The van der Waals surface area contributed by atoms with Gasteiger partial charge in [0, 0.05) is 45.1 Å². The van der Waals surface area contributed by atoms with Gasteiger partial charge < -0.3 is 19.1 Å². The Balaban J connectivity index is 2.01. The van der Waals surface area contributed by atoms with Gasteiger partial charge in [-0.15, -0.1) is 0 Å². The quantitative estimate of drug-likeness (QED) is 0.655. The number of aromatic nitrogens is 1. The molecule has 0 unspecified atom stereocenters. The van der Waals surface area contributed by atoms with Gasteiger partial charge in [0.1, 0.15) is 0 Å². The van der Waals surface area contributed by atoms with Gasteiger partial charge in [0.05, 0.1) is 19.7 Å². The number of hydrogen-bond donors (Lipinski definition) is 0. The molecule has 0 saturated heterocycles. The molecule has 0 N–H and O–H groups in total. The van der Waals surface area contributed by atoms with Gasteiger partial charge in [0.25, 0.3) is 0 Å². The Hall–Kier alpha value is -1.82. The minimum atomic E-state index is 0.0255. The van der Waals surface area contributed by atoms with E-state index in [1.165, 1.54) is 0 Å². The Morgan fingerprint density at radius 2 is 2.08 bits per heavy atom. The van der Waals surface area contributed by atoms with Crippen molar-refractivity contribution in [2.75, 3.05) is 26.8 Å². The van der Waals surface area contributed by atoms with Crippen LogP contribution in [-0.4, -0.2) is 59.0 Å². The first kappa shape index (κ1) is 18.5. The number of aryl methyl sites for hydroxylation is 1. The van der Waals surface area contributed by atoms with Gasteiger partial charge >= 0.3 is 0 Å². The largest absolute Gasteiger partial charge is 0.383 e. The summed E-state index contributed by atoms with van der Waals surface area (Å²) in [7, 11) is 3.59. The zero-order valence-corrected chi connectivity index (χ0v) is 15.0. The number of rotatable bonds is 10. The maximum absolute atomic E-state index is 12.8. The van der Waals surface area contributed by atoms with Crippen LogP contribution in [0.25, 0.3) is 0 Å². The molecule has 1 aliphatic carbocycles. The Labute approximate surface area is 144 Å². The molecule has 134 valence electrons. The second-order valence-electron chi connectivity index (χ2n) is 6.42. The molecule has 0 atom stereocenters. The van der Waals surface area contributed by atoms with Crippen LogP contribution >= 0.6 is 0 Å². The normalized spacial score (nSPS) is 13.8. The van der Waals surface area contributed by atoms with Crippen LogP contribution in [0.2, 0.25) is 0 Å². The van der Waals surface area contributed by atoms with Crippen LogP contribution in [0.1, 0.15) is 38.3 Å². The lowest BCUT2D eigenvalue weighted by atomic mass is 10.2. The van der Waals surface area contributed by atoms with E-state index in [1.54, 1.807) is 12.0 Å². The summed E-state index contributed by atoms with van der Waals surface area (Å²) in [5.74, 6) is 0.0526. The van der Waals surface area contributed by atoms with Crippen LogP contribution in [0.3, 0.4) is 0 Å². The third-order valence-corrected chi connectivity index (χ3v) is 4.40. The van der Waals surface area contributed by atoms with Crippen molar-refractivity contribution in [3.05, 3.63) is 24.0 Å². The van der Waals surface area contributed by atoms with Crippen LogP contribution in [0.5, 0.6) is 0 Å². The third kappa shape index (κ3) is 5.09. The molecule has 6 nitrogen and oxygen atoms in total. The molecule has 0 spiro atoms. The van der Waals surface area contributed by atoms with Crippen molar-refractivity contribution in [3.63, 3.8) is 0 Å². The van der Waals surface area contributed by atoms with Gasteiger partial charge in [-0.25, -0.2) is 0 Å². The molecule has 2 amide bonds. The van der Waals surface area contributed by atoms with E-state index in [9.17, 15) is 9.59 Å². The SMILES string of the molecule is CCCC(=O)N(CCOC)CC(=O)N(Cc1cccn1C)C1CC1. The Morgan fingerprint density at radius 1 is 1.33 bits per heavy atom. The number of hydrogen-bond acceptors (Lipinski definition) is 3. The van der Waals surface area contributed by atoms with Crippen molar-refractivity contribution >= 4 is 11.8 Å². The first-order valence-electron chi connectivity index (χ1n) is 8.73. The highest BCUT2D eigenvalue weighted by molar-refractivity contribution is 5.85. The van der Waals surface area contributed by atoms with Crippen LogP contribution < -0.4 is 0 Å². The van der Waals surface area contributed by atoms with Gasteiger partial charge in [-0.3, -0.25) is 9.59 Å².